The fraction of sp³-hybridized carbons (Fsp3) is 0.231. The van der Waals surface area contributed by atoms with Crippen LogP contribution >= 0.6 is 0 Å². The molecule has 0 radical (unpaired) electrons. The van der Waals surface area contributed by atoms with Gasteiger partial charge in [-0.1, -0.05) is 12.1 Å². The van der Waals surface area contributed by atoms with Gasteiger partial charge in [0.25, 0.3) is 0 Å². The molecule has 0 aliphatic carbocycles. The summed E-state index contributed by atoms with van der Waals surface area (Å²) in [6, 6.07) is 4.52. The Bertz CT molecular complexity index is 498. The van der Waals surface area contributed by atoms with Crippen LogP contribution in [-0.4, -0.2) is 24.2 Å². The maximum atomic E-state index is 11.1. The molecule has 20 heavy (non-hydrogen) atoms. The van der Waals surface area contributed by atoms with Crippen molar-refractivity contribution in [2.24, 2.45) is 0 Å². The number of esters is 1. The fourth-order valence-electron chi connectivity index (χ4n) is 1.45. The Labute approximate surface area is 159 Å². The van der Waals surface area contributed by atoms with Gasteiger partial charge in [-0.2, -0.15) is 0 Å². The third-order valence-electron chi connectivity index (χ3n) is 2.37. The normalized spacial score (nSPS) is 12.0. The number of benzene rings is 1. The Morgan fingerprint density at radius 3 is 2.35 bits per heavy atom. The molecule has 0 aromatic heterocycles. The van der Waals surface area contributed by atoms with Crippen LogP contribution in [0.2, 0.25) is 0 Å². The molecule has 1 aromatic rings. The van der Waals surface area contributed by atoms with Crippen LogP contribution in [0.15, 0.2) is 36.0 Å². The number of allylic oxidation sites excluding steroid dienone is 1. The molecule has 102 valence electrons. The molecule has 0 saturated carbocycles. The number of nitrogens with one attached hydrogen (secondary N) is 1. The molecule has 0 spiro atoms. The number of ether oxygens (including phenoxy) is 1. The van der Waals surface area contributed by atoms with Gasteiger partial charge in [-0.15, -0.1) is 0 Å². The van der Waals surface area contributed by atoms with Crippen LogP contribution in [0.5, 0.6) is 5.75 Å². The number of carboxylic acids is 1. The summed E-state index contributed by atoms with van der Waals surface area (Å²) in [6.45, 7) is 1.53. The van der Waals surface area contributed by atoms with E-state index in [0.29, 0.717) is 11.3 Å². The average molecular weight is 303 g/mol. The van der Waals surface area contributed by atoms with Gasteiger partial charge in [0.05, 0.1) is 19.1 Å². The van der Waals surface area contributed by atoms with E-state index in [1.165, 1.54) is 38.3 Å². The van der Waals surface area contributed by atoms with Gasteiger partial charge < -0.3 is 25.1 Å². The average Bonchev–Trinajstić information content (AvgIpc) is 2.36. The molecule has 0 heterocycles. The topological polar surface area (TPSA) is 98.7 Å². The first-order valence-electron chi connectivity index (χ1n) is 5.46. The van der Waals surface area contributed by atoms with E-state index in [0.717, 1.165) is 6.08 Å². The third-order valence-corrected chi connectivity index (χ3v) is 2.37. The predicted octanol–water partition coefficient (Wildman–Crippen LogP) is -3.15. The number of methoxy groups -OCH3 is 1. The summed E-state index contributed by atoms with van der Waals surface area (Å²) in [5, 5.41) is 22.9. The van der Waals surface area contributed by atoms with E-state index in [-0.39, 0.29) is 57.1 Å². The van der Waals surface area contributed by atoms with Gasteiger partial charge in [-0.05, 0) is 24.6 Å². The summed E-state index contributed by atoms with van der Waals surface area (Å²) in [5.41, 5.74) is 0.726. The van der Waals surface area contributed by atoms with Crippen LogP contribution in [0, 0.1) is 0 Å². The first-order valence-corrected chi connectivity index (χ1v) is 5.46. The number of hydrogen-bond donors (Lipinski definition) is 2. The van der Waals surface area contributed by atoms with E-state index < -0.39 is 18.0 Å². The minimum atomic E-state index is -1.34. The molecule has 6 nitrogen and oxygen atoms in total. The van der Waals surface area contributed by atoms with Crippen LogP contribution in [0.25, 0.3) is 0 Å². The molecule has 0 fully saturated rings. The summed E-state index contributed by atoms with van der Waals surface area (Å²) in [6.07, 6.45) is 1.14. The molecule has 0 aliphatic heterocycles. The van der Waals surface area contributed by atoms with Crippen LogP contribution in [-0.2, 0) is 14.3 Å². The zero-order valence-electron chi connectivity index (χ0n) is 11.5. The van der Waals surface area contributed by atoms with Crippen LogP contribution in [0.1, 0.15) is 18.5 Å². The molecule has 1 aromatic carbocycles. The van der Waals surface area contributed by atoms with Crippen molar-refractivity contribution >= 4 is 11.9 Å². The molecule has 0 aliphatic rings. The number of carbonyl (C=O) groups is 2. The van der Waals surface area contributed by atoms with Crippen molar-refractivity contribution < 1.29 is 75.9 Å². The van der Waals surface area contributed by atoms with Crippen molar-refractivity contribution in [2.75, 3.05) is 7.11 Å². The number of carbonyl (C=O) groups excluding carboxylic acids is 2. The zero-order chi connectivity index (χ0) is 14.4. The van der Waals surface area contributed by atoms with Crippen molar-refractivity contribution in [2.45, 2.75) is 13.0 Å². The second kappa shape index (κ2) is 9.14. The van der Waals surface area contributed by atoms with Crippen molar-refractivity contribution in [1.29, 1.82) is 0 Å². The third kappa shape index (κ3) is 6.06. The van der Waals surface area contributed by atoms with Crippen molar-refractivity contribution in [3.8, 4) is 5.75 Å². The Kier molecular flexibility index (Phi) is 8.75. The summed E-state index contributed by atoms with van der Waals surface area (Å²) >= 11 is 0. The van der Waals surface area contributed by atoms with Gasteiger partial charge in [0, 0.05) is 11.8 Å². The second-order valence-electron chi connectivity index (χ2n) is 3.84. The van der Waals surface area contributed by atoms with E-state index in [9.17, 15) is 14.7 Å². The van der Waals surface area contributed by atoms with Gasteiger partial charge in [-0.3, -0.25) is 0 Å². The summed E-state index contributed by atoms with van der Waals surface area (Å²) in [4.78, 5) is 22.1. The quantitative estimate of drug-likeness (QED) is 0.339. The van der Waals surface area contributed by atoms with Crippen LogP contribution in [0.4, 0.5) is 0 Å². The number of carboxylic acid groups (broad SMARTS) is 1. The van der Waals surface area contributed by atoms with Crippen molar-refractivity contribution in [3.05, 3.63) is 41.6 Å². The Morgan fingerprint density at radius 1 is 1.35 bits per heavy atom. The molecular weight excluding hydrogens is 289 g/mol. The maximum absolute atomic E-state index is 11.1. The maximum Gasteiger partial charge on any atom is 1.00 e. The Hall–Kier alpha value is -0.864. The molecular formula is C13H14KNO5. The zero-order valence-corrected chi connectivity index (χ0v) is 14.7. The minimum Gasteiger partial charge on any atom is -0.548 e. The van der Waals surface area contributed by atoms with E-state index >= 15 is 0 Å². The smallest absolute Gasteiger partial charge is 0.548 e. The molecule has 1 rings (SSSR count). The van der Waals surface area contributed by atoms with E-state index in [1.807, 2.05) is 0 Å². The van der Waals surface area contributed by atoms with E-state index in [2.05, 4.69) is 10.1 Å². The predicted molar refractivity (Wildman–Crippen MR) is 64.8 cm³/mol. The van der Waals surface area contributed by atoms with Crippen molar-refractivity contribution in [1.82, 2.24) is 5.32 Å². The second-order valence-corrected chi connectivity index (χ2v) is 3.84. The largest absolute Gasteiger partial charge is 1.00 e. The molecule has 0 unspecified atom stereocenters. The van der Waals surface area contributed by atoms with Gasteiger partial charge in [-0.25, -0.2) is 4.79 Å². The number of aliphatic carboxylic acids is 1. The Morgan fingerprint density at radius 2 is 1.90 bits per heavy atom. The molecule has 0 bridgehead atoms. The molecule has 1 atom stereocenters. The molecule has 2 N–H and O–H groups in total. The first kappa shape index (κ1) is 19.1. The first-order chi connectivity index (χ1) is 8.93. The number of rotatable bonds is 5. The van der Waals surface area contributed by atoms with Gasteiger partial charge in [0.15, 0.2) is 0 Å². The van der Waals surface area contributed by atoms with Crippen LogP contribution in [0.3, 0.4) is 0 Å². The number of phenolic OH excluding ortho intramolecular Hbond substituents is 1. The van der Waals surface area contributed by atoms with E-state index in [1.54, 1.807) is 0 Å². The van der Waals surface area contributed by atoms with Crippen molar-refractivity contribution in [3.63, 3.8) is 0 Å². The Balaban J connectivity index is 0.00000361. The SMILES string of the molecule is COC(=O)/C=C(\C)N[C@@H](C(=O)[O-])c1ccc(O)cc1.[K+]. The van der Waals surface area contributed by atoms with E-state index in [4.69, 9.17) is 5.11 Å². The van der Waals surface area contributed by atoms with Gasteiger partial charge >= 0.3 is 57.4 Å². The summed E-state index contributed by atoms with van der Waals surface area (Å²) in [7, 11) is 1.22. The monoisotopic (exact) mass is 303 g/mol. The molecule has 0 saturated heterocycles. The standard InChI is InChI=1S/C13H15NO5.K/c1-8(7-11(16)19-2)14-12(13(17)18)9-3-5-10(15)6-4-9;/h3-7,12,14-15H,1-2H3,(H,17,18);/q;+1/p-1/b8-7+;/t12-;/m1./s1. The van der Waals surface area contributed by atoms with Gasteiger partial charge in [0.1, 0.15) is 5.75 Å². The number of aromatic hydroxyl groups is 1. The fourth-order valence-corrected chi connectivity index (χ4v) is 1.45. The molecule has 7 heteroatoms. The minimum absolute atomic E-state index is 0. The van der Waals surface area contributed by atoms with Gasteiger partial charge in [0.2, 0.25) is 0 Å². The number of hydrogen-bond acceptors (Lipinski definition) is 6. The van der Waals surface area contributed by atoms with Crippen LogP contribution < -0.4 is 61.8 Å². The summed E-state index contributed by atoms with van der Waals surface area (Å²) < 4.78 is 4.43. The number of phenols is 1. The summed E-state index contributed by atoms with van der Waals surface area (Å²) in [5.74, 6) is -1.90. The molecule has 0 amide bonds.